The van der Waals surface area contributed by atoms with Crippen LogP contribution >= 0.6 is 11.6 Å². The normalized spacial score (nSPS) is 21.6. The fraction of sp³-hybridized carbons (Fsp3) is 0.409. The molecule has 2 aliphatic rings. The zero-order chi connectivity index (χ0) is 21.4. The van der Waals surface area contributed by atoms with Crippen molar-refractivity contribution in [3.63, 3.8) is 0 Å². The number of halogens is 2. The molecule has 1 N–H and O–H groups in total. The van der Waals surface area contributed by atoms with E-state index in [1.165, 1.54) is 16.4 Å². The lowest BCUT2D eigenvalue weighted by Crippen LogP contribution is -2.54. The largest absolute Gasteiger partial charge is 0.346 e. The molecule has 0 spiro atoms. The number of amides is 1. The second-order valence-corrected chi connectivity index (χ2v) is 10.5. The van der Waals surface area contributed by atoms with Gasteiger partial charge in [-0.05, 0) is 74.1 Å². The maximum atomic E-state index is 13.2. The molecule has 1 heterocycles. The maximum Gasteiger partial charge on any atom is 0.243 e. The molecule has 30 heavy (non-hydrogen) atoms. The van der Waals surface area contributed by atoms with Gasteiger partial charge in [-0.25, -0.2) is 12.8 Å². The van der Waals surface area contributed by atoms with Crippen LogP contribution in [0, 0.1) is 11.7 Å². The lowest BCUT2D eigenvalue weighted by molar-refractivity contribution is -0.129. The molecule has 1 amide bonds. The summed E-state index contributed by atoms with van der Waals surface area (Å²) >= 11 is 6.00. The Morgan fingerprint density at radius 3 is 2.33 bits per heavy atom. The van der Waals surface area contributed by atoms with Crippen LogP contribution in [-0.4, -0.2) is 31.7 Å². The number of hydrogen-bond acceptors (Lipinski definition) is 3. The average Bonchev–Trinajstić information content (AvgIpc) is 2.72. The second-order valence-electron chi connectivity index (χ2n) is 8.09. The highest BCUT2D eigenvalue weighted by molar-refractivity contribution is 7.89. The summed E-state index contributed by atoms with van der Waals surface area (Å²) in [5.74, 6) is -1.03. The van der Waals surface area contributed by atoms with Crippen molar-refractivity contribution in [1.29, 1.82) is 0 Å². The van der Waals surface area contributed by atoms with Crippen LogP contribution in [0.4, 0.5) is 4.39 Å². The van der Waals surface area contributed by atoms with Crippen LogP contribution in [0.1, 0.15) is 37.7 Å². The summed E-state index contributed by atoms with van der Waals surface area (Å²) in [5.41, 5.74) is 0.623. The summed E-state index contributed by atoms with van der Waals surface area (Å²) in [6.07, 6.45) is 3.97. The van der Waals surface area contributed by atoms with Crippen molar-refractivity contribution in [2.75, 3.05) is 13.1 Å². The molecule has 2 aromatic carbocycles. The van der Waals surface area contributed by atoms with Gasteiger partial charge in [0.1, 0.15) is 5.82 Å². The van der Waals surface area contributed by atoms with Crippen molar-refractivity contribution >= 4 is 27.5 Å². The van der Waals surface area contributed by atoms with Gasteiger partial charge in [0, 0.05) is 18.1 Å². The Kier molecular flexibility index (Phi) is 5.88. The predicted molar refractivity (Wildman–Crippen MR) is 113 cm³/mol. The molecule has 2 aromatic rings. The second kappa shape index (κ2) is 8.29. The van der Waals surface area contributed by atoms with Crippen molar-refractivity contribution in [2.24, 2.45) is 5.92 Å². The molecule has 1 aliphatic carbocycles. The van der Waals surface area contributed by atoms with E-state index in [0.717, 1.165) is 37.0 Å². The molecule has 1 atom stereocenters. The van der Waals surface area contributed by atoms with Crippen LogP contribution in [0.15, 0.2) is 53.4 Å². The summed E-state index contributed by atoms with van der Waals surface area (Å²) in [6, 6.07) is 12.3. The standard InChI is InChI=1S/C22H24ClFN2O3S/c23-18-6-4-17(5-7-18)22(12-2-13-22)25-21(27)16-3-1-14-26(15-16)30(28,29)20-10-8-19(24)9-11-20/h4-11,16H,1-3,12-15H2,(H,25,27). The van der Waals surface area contributed by atoms with Gasteiger partial charge in [0.2, 0.25) is 15.9 Å². The number of benzene rings is 2. The SMILES string of the molecule is O=C(NC1(c2ccc(Cl)cc2)CCC1)C1CCCN(S(=O)(=O)c2ccc(F)cc2)C1. The first kappa shape index (κ1) is 21.3. The molecule has 0 radical (unpaired) electrons. The number of piperidine rings is 1. The summed E-state index contributed by atoms with van der Waals surface area (Å²) < 4.78 is 40.4. The van der Waals surface area contributed by atoms with Gasteiger partial charge in [-0.2, -0.15) is 4.31 Å². The van der Waals surface area contributed by atoms with Crippen molar-refractivity contribution in [3.05, 3.63) is 64.9 Å². The van der Waals surface area contributed by atoms with Gasteiger partial charge in [-0.3, -0.25) is 4.79 Å². The lowest BCUT2D eigenvalue weighted by atomic mass is 9.71. The van der Waals surface area contributed by atoms with Crippen LogP contribution in [-0.2, 0) is 20.4 Å². The van der Waals surface area contributed by atoms with E-state index in [9.17, 15) is 17.6 Å². The third-order valence-corrected chi connectivity index (χ3v) is 8.30. The Hall–Kier alpha value is -1.96. The van der Waals surface area contributed by atoms with Crippen LogP contribution in [0.3, 0.4) is 0 Å². The summed E-state index contributed by atoms with van der Waals surface area (Å²) in [6.45, 7) is 0.480. The first-order valence-corrected chi connectivity index (χ1v) is 12.0. The van der Waals surface area contributed by atoms with Gasteiger partial charge < -0.3 is 5.32 Å². The molecule has 8 heteroatoms. The molecule has 1 saturated heterocycles. The number of carbonyl (C=O) groups excluding carboxylic acids is 1. The van der Waals surface area contributed by atoms with Gasteiger partial charge in [0.15, 0.2) is 0 Å². The highest BCUT2D eigenvalue weighted by Gasteiger charge is 2.42. The summed E-state index contributed by atoms with van der Waals surface area (Å²) in [4.78, 5) is 13.1. The van der Waals surface area contributed by atoms with Gasteiger partial charge in [-0.1, -0.05) is 23.7 Å². The van der Waals surface area contributed by atoms with Crippen LogP contribution < -0.4 is 5.32 Å². The van der Waals surface area contributed by atoms with Gasteiger partial charge in [0.25, 0.3) is 0 Å². The Morgan fingerprint density at radius 2 is 1.73 bits per heavy atom. The fourth-order valence-corrected chi connectivity index (χ4v) is 5.90. The smallest absolute Gasteiger partial charge is 0.243 e. The van der Waals surface area contributed by atoms with Crippen LogP contribution in [0.5, 0.6) is 0 Å². The van der Waals surface area contributed by atoms with E-state index >= 15 is 0 Å². The molecule has 4 rings (SSSR count). The number of hydrogen-bond donors (Lipinski definition) is 1. The minimum Gasteiger partial charge on any atom is -0.346 e. The molecule has 1 aliphatic heterocycles. The molecule has 160 valence electrons. The number of rotatable bonds is 5. The maximum absolute atomic E-state index is 13.2. The molecule has 1 saturated carbocycles. The first-order chi connectivity index (χ1) is 14.3. The number of nitrogens with zero attached hydrogens (tertiary/aromatic N) is 1. The molecule has 0 bridgehead atoms. The van der Waals surface area contributed by atoms with E-state index in [2.05, 4.69) is 5.32 Å². The van der Waals surface area contributed by atoms with E-state index in [4.69, 9.17) is 11.6 Å². The van der Waals surface area contributed by atoms with E-state index in [1.807, 2.05) is 24.3 Å². The Morgan fingerprint density at radius 1 is 1.07 bits per heavy atom. The third kappa shape index (κ3) is 4.11. The molecule has 0 aromatic heterocycles. The highest BCUT2D eigenvalue weighted by Crippen LogP contribution is 2.42. The van der Waals surface area contributed by atoms with E-state index < -0.39 is 27.3 Å². The van der Waals surface area contributed by atoms with Gasteiger partial charge in [-0.15, -0.1) is 0 Å². The van der Waals surface area contributed by atoms with Crippen LogP contribution in [0.2, 0.25) is 5.02 Å². The Bertz CT molecular complexity index is 1020. The van der Waals surface area contributed by atoms with Gasteiger partial charge in [0.05, 0.1) is 16.4 Å². The monoisotopic (exact) mass is 450 g/mol. The molecular formula is C22H24ClFN2O3S. The summed E-state index contributed by atoms with van der Waals surface area (Å²) in [7, 11) is -3.77. The van der Waals surface area contributed by atoms with Crippen molar-refractivity contribution < 1.29 is 17.6 Å². The highest BCUT2D eigenvalue weighted by atomic mass is 35.5. The molecule has 2 fully saturated rings. The van der Waals surface area contributed by atoms with E-state index in [0.29, 0.717) is 24.4 Å². The minimum absolute atomic E-state index is 0.0431. The van der Waals surface area contributed by atoms with Crippen LogP contribution in [0.25, 0.3) is 0 Å². The van der Waals surface area contributed by atoms with E-state index in [1.54, 1.807) is 0 Å². The number of sulfonamides is 1. The topological polar surface area (TPSA) is 66.5 Å². The fourth-order valence-electron chi connectivity index (χ4n) is 4.25. The summed E-state index contributed by atoms with van der Waals surface area (Å²) in [5, 5.41) is 3.85. The molecular weight excluding hydrogens is 427 g/mol. The van der Waals surface area contributed by atoms with Crippen molar-refractivity contribution in [2.45, 2.75) is 42.5 Å². The minimum atomic E-state index is -3.77. The number of nitrogens with one attached hydrogen (secondary N) is 1. The Labute approximate surface area is 181 Å². The van der Waals surface area contributed by atoms with Gasteiger partial charge >= 0.3 is 0 Å². The third-order valence-electron chi connectivity index (χ3n) is 6.17. The van der Waals surface area contributed by atoms with E-state index in [-0.39, 0.29) is 17.3 Å². The van der Waals surface area contributed by atoms with Crippen molar-refractivity contribution in [3.8, 4) is 0 Å². The molecule has 5 nitrogen and oxygen atoms in total. The Balaban J connectivity index is 1.48. The average molecular weight is 451 g/mol. The predicted octanol–water partition coefficient (Wildman–Crippen LogP) is 4.08. The zero-order valence-corrected chi connectivity index (χ0v) is 18.1. The molecule has 1 unspecified atom stereocenters. The first-order valence-electron chi connectivity index (χ1n) is 10.1. The zero-order valence-electron chi connectivity index (χ0n) is 16.5. The quantitative estimate of drug-likeness (QED) is 0.746. The number of carbonyl (C=O) groups is 1. The van der Waals surface area contributed by atoms with Crippen molar-refractivity contribution in [1.82, 2.24) is 9.62 Å². The lowest BCUT2D eigenvalue weighted by Gasteiger charge is -2.44.